The van der Waals surface area contributed by atoms with E-state index in [0.717, 1.165) is 35.1 Å². The second kappa shape index (κ2) is 7.68. The third kappa shape index (κ3) is 5.07. The highest BCUT2D eigenvalue weighted by molar-refractivity contribution is 5.80. The van der Waals surface area contributed by atoms with Crippen LogP contribution in [-0.2, 0) is 6.61 Å². The van der Waals surface area contributed by atoms with Crippen molar-refractivity contribution in [2.24, 2.45) is 0 Å². The van der Waals surface area contributed by atoms with Crippen molar-refractivity contribution in [3.63, 3.8) is 0 Å². The number of aromatic nitrogens is 1. The van der Waals surface area contributed by atoms with Gasteiger partial charge in [-0.25, -0.2) is 4.98 Å². The molecule has 2 aromatic carbocycles. The Morgan fingerprint density at radius 2 is 1.66 bits per heavy atom. The molecule has 0 aliphatic carbocycles. The molecule has 0 amide bonds. The van der Waals surface area contributed by atoms with Crippen molar-refractivity contribution < 1.29 is 9.47 Å². The largest absolute Gasteiger partial charge is 0.489 e. The summed E-state index contributed by atoms with van der Waals surface area (Å²) in [5.74, 6) is 1.53. The highest BCUT2D eigenvalue weighted by Gasteiger charge is 2.38. The van der Waals surface area contributed by atoms with E-state index < -0.39 is 0 Å². The number of rotatable bonds is 5. The zero-order chi connectivity index (χ0) is 20.5. The summed E-state index contributed by atoms with van der Waals surface area (Å²) in [6, 6.07) is 20.2. The molecule has 1 aliphatic heterocycles. The molecule has 4 rings (SSSR count). The Balaban J connectivity index is 1.45. The zero-order valence-electron chi connectivity index (χ0n) is 17.7. The van der Waals surface area contributed by atoms with Crippen molar-refractivity contribution >= 4 is 10.9 Å². The van der Waals surface area contributed by atoms with Gasteiger partial charge in [-0.3, -0.25) is 0 Å². The van der Waals surface area contributed by atoms with Crippen LogP contribution in [0, 0.1) is 0 Å². The van der Waals surface area contributed by atoms with E-state index >= 15 is 0 Å². The van der Waals surface area contributed by atoms with E-state index in [1.165, 1.54) is 0 Å². The van der Waals surface area contributed by atoms with Gasteiger partial charge in [-0.05, 0) is 57.5 Å². The van der Waals surface area contributed by atoms with E-state index in [1.54, 1.807) is 0 Å². The fourth-order valence-corrected chi connectivity index (χ4v) is 4.46. The topological polar surface area (TPSA) is 43.4 Å². The smallest absolute Gasteiger partial charge is 0.214 e. The normalized spacial score (nSPS) is 18.5. The van der Waals surface area contributed by atoms with E-state index in [1.807, 2.05) is 42.5 Å². The van der Waals surface area contributed by atoms with Crippen LogP contribution in [0.25, 0.3) is 10.9 Å². The van der Waals surface area contributed by atoms with Crippen molar-refractivity contribution in [3.05, 3.63) is 66.2 Å². The van der Waals surface area contributed by atoms with Crippen LogP contribution < -0.4 is 14.8 Å². The summed E-state index contributed by atoms with van der Waals surface area (Å²) in [5.41, 5.74) is 2.17. The lowest BCUT2D eigenvalue weighted by Crippen LogP contribution is -2.60. The highest BCUT2D eigenvalue weighted by Crippen LogP contribution is 2.31. The highest BCUT2D eigenvalue weighted by atomic mass is 16.5. The Hall–Kier alpha value is -2.59. The number of nitrogens with zero attached hydrogens (tertiary/aromatic N) is 1. The maximum atomic E-state index is 6.29. The first-order valence-corrected chi connectivity index (χ1v) is 10.3. The molecule has 1 N–H and O–H groups in total. The molecule has 1 aliphatic rings. The second-order valence-electron chi connectivity index (χ2n) is 9.32. The van der Waals surface area contributed by atoms with Gasteiger partial charge in [-0.15, -0.1) is 0 Å². The van der Waals surface area contributed by atoms with Gasteiger partial charge < -0.3 is 14.8 Å². The van der Waals surface area contributed by atoms with Crippen molar-refractivity contribution in [2.75, 3.05) is 0 Å². The standard InChI is InChI=1S/C25H30N2O2/c1-24(2)15-21(16-25(3,4)27-24)29-23-13-10-19-14-20(11-12-22(19)26-23)28-17-18-8-6-5-7-9-18/h5-14,21,27H,15-17H2,1-4H3. The summed E-state index contributed by atoms with van der Waals surface area (Å²) in [7, 11) is 0. The molecule has 4 nitrogen and oxygen atoms in total. The molecular weight excluding hydrogens is 360 g/mol. The minimum absolute atomic E-state index is 0.0499. The van der Waals surface area contributed by atoms with Crippen LogP contribution in [0.5, 0.6) is 11.6 Å². The average Bonchev–Trinajstić information content (AvgIpc) is 2.64. The molecule has 3 aromatic rings. The minimum Gasteiger partial charge on any atom is -0.489 e. The summed E-state index contributed by atoms with van der Waals surface area (Å²) < 4.78 is 12.2. The number of hydrogen-bond donors (Lipinski definition) is 1. The SMILES string of the molecule is CC1(C)CC(Oc2ccc3cc(OCc4ccccc4)ccc3n2)CC(C)(C)N1. The van der Waals surface area contributed by atoms with Crippen LogP contribution >= 0.6 is 0 Å². The Morgan fingerprint density at radius 1 is 0.931 bits per heavy atom. The molecule has 2 heterocycles. The van der Waals surface area contributed by atoms with E-state index in [-0.39, 0.29) is 17.2 Å². The molecule has 1 fully saturated rings. The first-order chi connectivity index (χ1) is 13.8. The maximum absolute atomic E-state index is 6.29. The number of pyridine rings is 1. The van der Waals surface area contributed by atoms with Gasteiger partial charge in [0.25, 0.3) is 0 Å². The fourth-order valence-electron chi connectivity index (χ4n) is 4.46. The van der Waals surface area contributed by atoms with Gasteiger partial charge in [-0.1, -0.05) is 30.3 Å². The van der Waals surface area contributed by atoms with E-state index in [9.17, 15) is 0 Å². The molecule has 1 aromatic heterocycles. The van der Waals surface area contributed by atoms with Gasteiger partial charge in [0.1, 0.15) is 18.5 Å². The van der Waals surface area contributed by atoms with Crippen molar-refractivity contribution in [1.29, 1.82) is 0 Å². The monoisotopic (exact) mass is 390 g/mol. The van der Waals surface area contributed by atoms with E-state index in [0.29, 0.717) is 12.5 Å². The lowest BCUT2D eigenvalue weighted by atomic mass is 9.81. The minimum atomic E-state index is 0.0499. The molecule has 0 bridgehead atoms. The number of benzene rings is 2. The molecule has 0 radical (unpaired) electrons. The van der Waals surface area contributed by atoms with E-state index in [2.05, 4.69) is 51.2 Å². The molecule has 0 spiro atoms. The van der Waals surface area contributed by atoms with Crippen LogP contribution in [0.2, 0.25) is 0 Å². The fraction of sp³-hybridized carbons (Fsp3) is 0.400. The summed E-state index contributed by atoms with van der Waals surface area (Å²) in [6.07, 6.45) is 2.07. The lowest BCUT2D eigenvalue weighted by Gasteiger charge is -2.46. The molecule has 0 atom stereocenters. The van der Waals surface area contributed by atoms with Crippen molar-refractivity contribution in [2.45, 2.75) is 64.3 Å². The predicted molar refractivity (Wildman–Crippen MR) is 117 cm³/mol. The molecule has 0 saturated carbocycles. The van der Waals surface area contributed by atoms with Crippen LogP contribution in [0.4, 0.5) is 0 Å². The number of fused-ring (bicyclic) bond motifs is 1. The molecular formula is C25H30N2O2. The molecule has 152 valence electrons. The zero-order valence-corrected chi connectivity index (χ0v) is 17.7. The molecule has 0 unspecified atom stereocenters. The van der Waals surface area contributed by atoms with Crippen molar-refractivity contribution in [3.8, 4) is 11.6 Å². The molecule has 4 heteroatoms. The summed E-state index contributed by atoms with van der Waals surface area (Å²) in [4.78, 5) is 4.73. The summed E-state index contributed by atoms with van der Waals surface area (Å²) in [6.45, 7) is 9.48. The Labute approximate surface area is 173 Å². The van der Waals surface area contributed by atoms with E-state index in [4.69, 9.17) is 14.5 Å². The van der Waals surface area contributed by atoms with Gasteiger partial charge in [0.15, 0.2) is 0 Å². The van der Waals surface area contributed by atoms with Gasteiger partial charge in [0.2, 0.25) is 5.88 Å². The summed E-state index contributed by atoms with van der Waals surface area (Å²) >= 11 is 0. The lowest BCUT2D eigenvalue weighted by molar-refractivity contribution is 0.0532. The van der Waals surface area contributed by atoms with Crippen LogP contribution in [0.15, 0.2) is 60.7 Å². The first kappa shape index (κ1) is 19.7. The Morgan fingerprint density at radius 3 is 2.38 bits per heavy atom. The number of hydrogen-bond acceptors (Lipinski definition) is 4. The number of nitrogens with one attached hydrogen (secondary N) is 1. The van der Waals surface area contributed by atoms with Gasteiger partial charge in [0.05, 0.1) is 5.52 Å². The number of ether oxygens (including phenoxy) is 2. The molecule has 1 saturated heterocycles. The third-order valence-electron chi connectivity index (χ3n) is 5.32. The Kier molecular flexibility index (Phi) is 5.22. The first-order valence-electron chi connectivity index (χ1n) is 10.3. The summed E-state index contributed by atoms with van der Waals surface area (Å²) in [5, 5.41) is 4.74. The van der Waals surface area contributed by atoms with Crippen LogP contribution in [0.3, 0.4) is 0 Å². The van der Waals surface area contributed by atoms with Crippen LogP contribution in [-0.4, -0.2) is 22.2 Å². The predicted octanol–water partition coefficient (Wildman–Crippen LogP) is 5.50. The quantitative estimate of drug-likeness (QED) is 0.624. The van der Waals surface area contributed by atoms with Gasteiger partial charge >= 0.3 is 0 Å². The number of piperidine rings is 1. The maximum Gasteiger partial charge on any atom is 0.214 e. The van der Waals surface area contributed by atoms with Crippen LogP contribution in [0.1, 0.15) is 46.1 Å². The second-order valence-corrected chi connectivity index (χ2v) is 9.32. The van der Waals surface area contributed by atoms with Gasteiger partial charge in [-0.2, -0.15) is 0 Å². The van der Waals surface area contributed by atoms with Gasteiger partial charge in [0, 0.05) is 35.4 Å². The average molecular weight is 391 g/mol. The van der Waals surface area contributed by atoms with Crippen molar-refractivity contribution in [1.82, 2.24) is 10.3 Å². The third-order valence-corrected chi connectivity index (χ3v) is 5.32. The molecule has 29 heavy (non-hydrogen) atoms. The Bertz CT molecular complexity index is 967.